The third kappa shape index (κ3) is 1.91. The molecule has 13 heavy (non-hydrogen) atoms. The van der Waals surface area contributed by atoms with Gasteiger partial charge in [-0.1, -0.05) is 13.5 Å². The highest BCUT2D eigenvalue weighted by atomic mass is 16.6. The minimum absolute atomic E-state index is 0.0403. The molecule has 0 aliphatic carbocycles. The molecule has 74 valence electrons. The van der Waals surface area contributed by atoms with Gasteiger partial charge in [0.05, 0.1) is 18.1 Å². The van der Waals surface area contributed by atoms with Gasteiger partial charge < -0.3 is 9.47 Å². The Morgan fingerprint density at radius 3 is 2.85 bits per heavy atom. The first kappa shape index (κ1) is 10.3. The number of hydrogen-bond acceptors (Lipinski definition) is 3. The van der Waals surface area contributed by atoms with Crippen LogP contribution in [0.3, 0.4) is 0 Å². The van der Waals surface area contributed by atoms with E-state index >= 15 is 0 Å². The molecule has 1 heterocycles. The molecule has 2 unspecified atom stereocenters. The predicted octanol–water partition coefficient (Wildman–Crippen LogP) is 1.53. The van der Waals surface area contributed by atoms with E-state index in [-0.39, 0.29) is 17.5 Å². The first-order valence-electron chi connectivity index (χ1n) is 4.55. The Kier molecular flexibility index (Phi) is 3.09. The third-order valence-corrected chi connectivity index (χ3v) is 2.86. The highest BCUT2D eigenvalue weighted by molar-refractivity contribution is 5.81. The molecule has 0 aromatic rings. The van der Waals surface area contributed by atoms with E-state index in [1.165, 1.54) is 6.08 Å². The lowest BCUT2D eigenvalue weighted by Crippen LogP contribution is -2.53. The summed E-state index contributed by atoms with van der Waals surface area (Å²) in [4.78, 5) is 10.8. The molecule has 0 bridgehead atoms. The minimum atomic E-state index is -0.355. The van der Waals surface area contributed by atoms with E-state index in [2.05, 4.69) is 13.5 Å². The Morgan fingerprint density at radius 2 is 2.54 bits per heavy atom. The molecule has 0 spiro atoms. The number of hydrogen-bond donors (Lipinski definition) is 0. The summed E-state index contributed by atoms with van der Waals surface area (Å²) in [6.45, 7) is 8.57. The van der Waals surface area contributed by atoms with Gasteiger partial charge >= 0.3 is 5.97 Å². The van der Waals surface area contributed by atoms with Crippen molar-refractivity contribution in [1.82, 2.24) is 0 Å². The SMILES string of the molecule is C=CC(=O)OCC1(CC)COC1C. The summed E-state index contributed by atoms with van der Waals surface area (Å²) in [5.74, 6) is -0.355. The third-order valence-electron chi connectivity index (χ3n) is 2.86. The maximum Gasteiger partial charge on any atom is 0.330 e. The molecule has 1 aliphatic heterocycles. The number of carbonyl (C=O) groups is 1. The smallest absolute Gasteiger partial charge is 0.330 e. The van der Waals surface area contributed by atoms with Crippen molar-refractivity contribution in [3.8, 4) is 0 Å². The molecule has 1 saturated heterocycles. The monoisotopic (exact) mass is 184 g/mol. The van der Waals surface area contributed by atoms with E-state index in [1.54, 1.807) is 0 Å². The van der Waals surface area contributed by atoms with Crippen molar-refractivity contribution in [3.63, 3.8) is 0 Å². The number of ether oxygens (including phenoxy) is 2. The maximum absolute atomic E-state index is 10.8. The first-order chi connectivity index (χ1) is 6.14. The lowest BCUT2D eigenvalue weighted by atomic mass is 9.77. The van der Waals surface area contributed by atoms with E-state index in [4.69, 9.17) is 9.47 Å². The zero-order chi connectivity index (χ0) is 9.90. The molecular weight excluding hydrogens is 168 g/mol. The Balaban J connectivity index is 2.41. The van der Waals surface area contributed by atoms with Gasteiger partial charge in [-0.2, -0.15) is 0 Å². The highest BCUT2D eigenvalue weighted by Gasteiger charge is 2.45. The standard InChI is InChI=1S/C10H16O3/c1-4-9(11)13-7-10(5-2)6-12-8(10)3/h4,8H,1,5-7H2,2-3H3. The van der Waals surface area contributed by atoms with Crippen LogP contribution >= 0.6 is 0 Å². The van der Waals surface area contributed by atoms with E-state index in [0.29, 0.717) is 13.2 Å². The van der Waals surface area contributed by atoms with Crippen LogP contribution in [0.1, 0.15) is 20.3 Å². The summed E-state index contributed by atoms with van der Waals surface area (Å²) in [5, 5.41) is 0. The van der Waals surface area contributed by atoms with Crippen LogP contribution in [0.25, 0.3) is 0 Å². The molecule has 3 nitrogen and oxygen atoms in total. The van der Waals surface area contributed by atoms with Crippen LogP contribution in [0.2, 0.25) is 0 Å². The summed E-state index contributed by atoms with van der Waals surface area (Å²) in [7, 11) is 0. The maximum atomic E-state index is 10.8. The molecule has 0 aromatic carbocycles. The van der Waals surface area contributed by atoms with Crippen molar-refractivity contribution in [2.75, 3.05) is 13.2 Å². The van der Waals surface area contributed by atoms with Gasteiger partial charge in [-0.3, -0.25) is 0 Å². The van der Waals surface area contributed by atoms with Gasteiger partial charge in [0.25, 0.3) is 0 Å². The normalized spacial score (nSPS) is 32.0. The van der Waals surface area contributed by atoms with Gasteiger partial charge in [0.1, 0.15) is 6.61 Å². The van der Waals surface area contributed by atoms with Crippen molar-refractivity contribution in [3.05, 3.63) is 12.7 Å². The van der Waals surface area contributed by atoms with Crippen molar-refractivity contribution in [2.45, 2.75) is 26.4 Å². The fourth-order valence-electron chi connectivity index (χ4n) is 1.41. The zero-order valence-corrected chi connectivity index (χ0v) is 8.21. The highest BCUT2D eigenvalue weighted by Crippen LogP contribution is 2.38. The fourth-order valence-corrected chi connectivity index (χ4v) is 1.41. The summed E-state index contributed by atoms with van der Waals surface area (Å²) < 4.78 is 10.3. The second-order valence-electron chi connectivity index (χ2n) is 3.48. The average molecular weight is 184 g/mol. The van der Waals surface area contributed by atoms with Crippen LogP contribution in [0, 0.1) is 5.41 Å². The molecule has 0 radical (unpaired) electrons. The van der Waals surface area contributed by atoms with Gasteiger partial charge in [0.15, 0.2) is 0 Å². The van der Waals surface area contributed by atoms with Gasteiger partial charge in [-0.05, 0) is 13.3 Å². The molecular formula is C10H16O3. The van der Waals surface area contributed by atoms with Gasteiger partial charge in [0.2, 0.25) is 0 Å². The largest absolute Gasteiger partial charge is 0.462 e. The molecule has 2 atom stereocenters. The summed E-state index contributed by atoms with van der Waals surface area (Å²) in [5.41, 5.74) is 0.0403. The zero-order valence-electron chi connectivity index (χ0n) is 8.21. The van der Waals surface area contributed by atoms with Crippen molar-refractivity contribution in [1.29, 1.82) is 0 Å². The van der Waals surface area contributed by atoms with Crippen LogP contribution in [-0.4, -0.2) is 25.3 Å². The van der Waals surface area contributed by atoms with E-state index in [0.717, 1.165) is 6.42 Å². The van der Waals surface area contributed by atoms with E-state index < -0.39 is 0 Å². The second kappa shape index (κ2) is 3.92. The predicted molar refractivity (Wildman–Crippen MR) is 49.3 cm³/mol. The molecule has 1 aliphatic rings. The molecule has 3 heteroatoms. The summed E-state index contributed by atoms with van der Waals surface area (Å²) in [6.07, 6.45) is 2.35. The number of esters is 1. The van der Waals surface area contributed by atoms with Crippen molar-refractivity contribution < 1.29 is 14.3 Å². The average Bonchev–Trinajstić information content (AvgIpc) is 2.16. The molecule has 0 aromatic heterocycles. The molecule has 1 fully saturated rings. The lowest BCUT2D eigenvalue weighted by Gasteiger charge is -2.46. The Morgan fingerprint density at radius 1 is 1.85 bits per heavy atom. The van der Waals surface area contributed by atoms with Crippen LogP contribution in [-0.2, 0) is 14.3 Å². The van der Waals surface area contributed by atoms with Crippen molar-refractivity contribution in [2.24, 2.45) is 5.41 Å². The number of rotatable bonds is 4. The Labute approximate surface area is 78.7 Å². The van der Waals surface area contributed by atoms with Crippen molar-refractivity contribution >= 4 is 5.97 Å². The van der Waals surface area contributed by atoms with Crippen LogP contribution < -0.4 is 0 Å². The quantitative estimate of drug-likeness (QED) is 0.491. The molecule has 0 saturated carbocycles. The van der Waals surface area contributed by atoms with Crippen LogP contribution in [0.4, 0.5) is 0 Å². The minimum Gasteiger partial charge on any atom is -0.462 e. The summed E-state index contributed by atoms with van der Waals surface area (Å²) in [6, 6.07) is 0. The molecule has 1 rings (SSSR count). The topological polar surface area (TPSA) is 35.5 Å². The van der Waals surface area contributed by atoms with Gasteiger partial charge in [-0.15, -0.1) is 0 Å². The Bertz CT molecular complexity index is 208. The molecule has 0 N–H and O–H groups in total. The van der Waals surface area contributed by atoms with Crippen LogP contribution in [0.15, 0.2) is 12.7 Å². The van der Waals surface area contributed by atoms with E-state index in [1.807, 2.05) is 6.92 Å². The lowest BCUT2D eigenvalue weighted by molar-refractivity contribution is -0.204. The Hall–Kier alpha value is -0.830. The number of carbonyl (C=O) groups excluding carboxylic acids is 1. The molecule has 0 amide bonds. The second-order valence-corrected chi connectivity index (χ2v) is 3.48. The van der Waals surface area contributed by atoms with Gasteiger partial charge in [-0.25, -0.2) is 4.79 Å². The first-order valence-corrected chi connectivity index (χ1v) is 4.55. The summed E-state index contributed by atoms with van der Waals surface area (Å²) >= 11 is 0. The van der Waals surface area contributed by atoms with E-state index in [9.17, 15) is 4.79 Å². The fraction of sp³-hybridized carbons (Fsp3) is 0.700. The van der Waals surface area contributed by atoms with Crippen LogP contribution in [0.5, 0.6) is 0 Å². The van der Waals surface area contributed by atoms with Gasteiger partial charge in [0, 0.05) is 6.08 Å².